The zero-order valence-corrected chi connectivity index (χ0v) is 16.8. The molecule has 1 aliphatic heterocycles. The van der Waals surface area contributed by atoms with Gasteiger partial charge in [0.25, 0.3) is 0 Å². The van der Waals surface area contributed by atoms with Crippen molar-refractivity contribution in [3.8, 4) is 0 Å². The molecule has 1 saturated heterocycles. The van der Waals surface area contributed by atoms with Gasteiger partial charge in [-0.25, -0.2) is 13.2 Å². The van der Waals surface area contributed by atoms with Crippen molar-refractivity contribution >= 4 is 27.6 Å². The molecule has 146 valence electrons. The summed E-state index contributed by atoms with van der Waals surface area (Å²) in [5, 5.41) is -0.00378. The lowest BCUT2D eigenvalue weighted by atomic mass is 10.0. The Kier molecular flexibility index (Phi) is 5.93. The van der Waals surface area contributed by atoms with Crippen LogP contribution in [0.4, 0.5) is 0 Å². The lowest BCUT2D eigenvalue weighted by Crippen LogP contribution is -2.38. The van der Waals surface area contributed by atoms with E-state index >= 15 is 0 Å². The highest BCUT2D eigenvalue weighted by molar-refractivity contribution is 7.89. The SMILES string of the molecule is CCc1ccc([C@@H]2CCCCN2S(=O)(=O)c2ccc(C(=O)OC)cc2Cl)o1. The normalized spacial score (nSPS) is 18.4. The van der Waals surface area contributed by atoms with Crippen LogP contribution in [-0.4, -0.2) is 32.3 Å². The monoisotopic (exact) mass is 411 g/mol. The van der Waals surface area contributed by atoms with E-state index in [1.54, 1.807) is 0 Å². The summed E-state index contributed by atoms with van der Waals surface area (Å²) in [6.45, 7) is 2.38. The van der Waals surface area contributed by atoms with Gasteiger partial charge in [-0.15, -0.1) is 0 Å². The van der Waals surface area contributed by atoms with E-state index in [4.69, 9.17) is 16.0 Å². The fraction of sp³-hybridized carbons (Fsp3) is 0.421. The molecule has 8 heteroatoms. The van der Waals surface area contributed by atoms with Crippen molar-refractivity contribution in [1.29, 1.82) is 0 Å². The minimum absolute atomic E-state index is 0.00378. The van der Waals surface area contributed by atoms with Gasteiger partial charge in [-0.05, 0) is 43.2 Å². The molecule has 1 aliphatic rings. The van der Waals surface area contributed by atoms with E-state index in [1.165, 1.54) is 29.6 Å². The van der Waals surface area contributed by atoms with Crippen LogP contribution in [0.15, 0.2) is 39.6 Å². The summed E-state index contributed by atoms with van der Waals surface area (Å²) in [6.07, 6.45) is 3.14. The van der Waals surface area contributed by atoms with Gasteiger partial charge in [-0.3, -0.25) is 0 Å². The van der Waals surface area contributed by atoms with Gasteiger partial charge in [0.15, 0.2) is 0 Å². The van der Waals surface area contributed by atoms with Crippen molar-refractivity contribution in [2.45, 2.75) is 43.5 Å². The van der Waals surface area contributed by atoms with Gasteiger partial charge in [0, 0.05) is 13.0 Å². The molecule has 0 spiro atoms. The van der Waals surface area contributed by atoms with Crippen LogP contribution < -0.4 is 0 Å². The number of furan rings is 1. The summed E-state index contributed by atoms with van der Waals surface area (Å²) in [7, 11) is -2.59. The van der Waals surface area contributed by atoms with E-state index in [-0.39, 0.29) is 21.5 Å². The Hall–Kier alpha value is -1.83. The Morgan fingerprint density at radius 3 is 2.70 bits per heavy atom. The molecule has 2 heterocycles. The number of carbonyl (C=O) groups excluding carboxylic acids is 1. The maximum absolute atomic E-state index is 13.3. The second-order valence-electron chi connectivity index (χ2n) is 6.42. The topological polar surface area (TPSA) is 76.8 Å². The highest BCUT2D eigenvalue weighted by Gasteiger charge is 2.37. The average Bonchev–Trinajstić information content (AvgIpc) is 3.16. The first-order chi connectivity index (χ1) is 12.9. The van der Waals surface area contributed by atoms with E-state index in [0.717, 1.165) is 25.0 Å². The Balaban J connectivity index is 1.97. The van der Waals surface area contributed by atoms with Gasteiger partial charge in [0.1, 0.15) is 16.4 Å². The molecule has 0 amide bonds. The smallest absolute Gasteiger partial charge is 0.337 e. The maximum Gasteiger partial charge on any atom is 0.337 e. The van der Waals surface area contributed by atoms with Gasteiger partial charge in [-0.2, -0.15) is 4.31 Å². The van der Waals surface area contributed by atoms with Crippen LogP contribution in [0.5, 0.6) is 0 Å². The van der Waals surface area contributed by atoms with E-state index in [9.17, 15) is 13.2 Å². The number of sulfonamides is 1. The molecule has 0 bridgehead atoms. The first-order valence-electron chi connectivity index (χ1n) is 8.86. The third-order valence-electron chi connectivity index (χ3n) is 4.75. The van der Waals surface area contributed by atoms with Gasteiger partial charge in [-0.1, -0.05) is 24.9 Å². The number of hydrogen-bond donors (Lipinski definition) is 0. The van der Waals surface area contributed by atoms with Crippen molar-refractivity contribution in [3.63, 3.8) is 0 Å². The standard InChI is InChI=1S/C19H22ClNO5S/c1-3-14-8-9-17(26-14)16-6-4-5-11-21(16)27(23,24)18-10-7-13(12-15(18)20)19(22)25-2/h7-10,12,16H,3-6,11H2,1-2H3/t16-/m0/s1. The Morgan fingerprint density at radius 1 is 1.30 bits per heavy atom. The zero-order valence-electron chi connectivity index (χ0n) is 15.3. The number of methoxy groups -OCH3 is 1. The molecule has 0 N–H and O–H groups in total. The number of hydrogen-bond acceptors (Lipinski definition) is 5. The summed E-state index contributed by atoms with van der Waals surface area (Å²) >= 11 is 6.22. The van der Waals surface area contributed by atoms with Crippen LogP contribution in [0.3, 0.4) is 0 Å². The fourth-order valence-corrected chi connectivity index (χ4v) is 5.51. The molecule has 1 aromatic heterocycles. The van der Waals surface area contributed by atoms with Crippen LogP contribution in [0.25, 0.3) is 0 Å². The summed E-state index contributed by atoms with van der Waals surface area (Å²) in [5.41, 5.74) is 0.204. The number of benzene rings is 1. The molecule has 0 radical (unpaired) electrons. The van der Waals surface area contributed by atoms with Gasteiger partial charge >= 0.3 is 5.97 Å². The first kappa shape index (κ1) is 19.9. The Labute approximate surface area is 164 Å². The molecular formula is C19H22ClNO5S. The third-order valence-corrected chi connectivity index (χ3v) is 7.14. The largest absolute Gasteiger partial charge is 0.465 e. The molecule has 3 rings (SSSR count). The number of rotatable bonds is 5. The van der Waals surface area contributed by atoms with E-state index < -0.39 is 16.0 Å². The number of piperidine rings is 1. The first-order valence-corrected chi connectivity index (χ1v) is 10.7. The molecular weight excluding hydrogens is 390 g/mol. The van der Waals surface area contributed by atoms with Crippen LogP contribution in [0.2, 0.25) is 5.02 Å². The lowest BCUT2D eigenvalue weighted by Gasteiger charge is -2.33. The highest BCUT2D eigenvalue weighted by Crippen LogP contribution is 2.38. The molecule has 2 aromatic rings. The number of nitrogens with zero attached hydrogens (tertiary/aromatic N) is 1. The summed E-state index contributed by atoms with van der Waals surface area (Å²) in [5.74, 6) is 0.908. The minimum atomic E-state index is -3.85. The second kappa shape index (κ2) is 8.04. The van der Waals surface area contributed by atoms with Crippen LogP contribution >= 0.6 is 11.6 Å². The van der Waals surface area contributed by atoms with Crippen molar-refractivity contribution in [3.05, 3.63) is 52.4 Å². The van der Waals surface area contributed by atoms with Crippen LogP contribution in [-0.2, 0) is 21.2 Å². The summed E-state index contributed by atoms with van der Waals surface area (Å²) < 4.78 is 38.5. The van der Waals surface area contributed by atoms with Crippen molar-refractivity contribution in [2.24, 2.45) is 0 Å². The molecule has 0 saturated carbocycles. The highest BCUT2D eigenvalue weighted by atomic mass is 35.5. The number of carbonyl (C=O) groups is 1. The molecule has 1 fully saturated rings. The predicted octanol–water partition coefficient (Wildman–Crippen LogP) is 4.20. The Morgan fingerprint density at radius 2 is 2.07 bits per heavy atom. The van der Waals surface area contributed by atoms with Gasteiger partial charge in [0.2, 0.25) is 10.0 Å². The molecule has 1 aromatic carbocycles. The van der Waals surface area contributed by atoms with Gasteiger partial charge < -0.3 is 9.15 Å². The maximum atomic E-state index is 13.3. The lowest BCUT2D eigenvalue weighted by molar-refractivity contribution is 0.0600. The molecule has 6 nitrogen and oxygen atoms in total. The minimum Gasteiger partial charge on any atom is -0.465 e. The van der Waals surface area contributed by atoms with Crippen molar-refractivity contribution in [2.75, 3.05) is 13.7 Å². The van der Waals surface area contributed by atoms with Gasteiger partial charge in [0.05, 0.1) is 23.7 Å². The Bertz CT molecular complexity index is 937. The van der Waals surface area contributed by atoms with Crippen molar-refractivity contribution < 1.29 is 22.4 Å². The quantitative estimate of drug-likeness (QED) is 0.689. The van der Waals surface area contributed by atoms with Crippen molar-refractivity contribution in [1.82, 2.24) is 4.31 Å². The molecule has 0 aliphatic carbocycles. The predicted molar refractivity (Wildman–Crippen MR) is 101 cm³/mol. The summed E-state index contributed by atoms with van der Waals surface area (Å²) in [4.78, 5) is 11.6. The molecule has 27 heavy (non-hydrogen) atoms. The number of ether oxygens (including phenoxy) is 1. The fourth-order valence-electron chi connectivity index (χ4n) is 3.32. The van der Waals surface area contributed by atoms with E-state index in [0.29, 0.717) is 18.7 Å². The number of aryl methyl sites for hydroxylation is 1. The molecule has 1 atom stereocenters. The zero-order chi connectivity index (χ0) is 19.6. The van der Waals surface area contributed by atoms with Crippen LogP contribution in [0, 0.1) is 0 Å². The number of esters is 1. The average molecular weight is 412 g/mol. The molecule has 0 unspecified atom stereocenters. The third kappa shape index (κ3) is 3.90. The van der Waals surface area contributed by atoms with Crippen LogP contribution in [0.1, 0.15) is 54.1 Å². The second-order valence-corrected chi connectivity index (χ2v) is 8.69. The van der Waals surface area contributed by atoms with E-state index in [2.05, 4.69) is 4.74 Å². The summed E-state index contributed by atoms with van der Waals surface area (Å²) in [6, 6.07) is 7.45. The van der Waals surface area contributed by atoms with E-state index in [1.807, 2.05) is 19.1 Å². The number of halogens is 1.